The molecule has 0 aliphatic heterocycles. The van der Waals surface area contributed by atoms with Gasteiger partial charge in [-0.3, -0.25) is 9.78 Å². The van der Waals surface area contributed by atoms with Gasteiger partial charge >= 0.3 is 0 Å². The molecule has 0 aliphatic rings. The lowest BCUT2D eigenvalue weighted by atomic mass is 9.97. The molecule has 0 amide bonds. The number of aromatic nitrogens is 1. The quantitative estimate of drug-likeness (QED) is 0.742. The molecular weight excluding hydrogens is 222 g/mol. The lowest BCUT2D eigenvalue weighted by Gasteiger charge is -2.09. The Morgan fingerprint density at radius 1 is 1.11 bits per heavy atom. The number of nitrogens with zero attached hydrogens (tertiary/aromatic N) is 1. The normalized spacial score (nSPS) is 12.1. The Morgan fingerprint density at radius 2 is 1.83 bits per heavy atom. The fraction of sp³-hybridized carbons (Fsp3) is 0.250. The van der Waals surface area contributed by atoms with Gasteiger partial charge in [0.1, 0.15) is 0 Å². The molecular formula is C16H17NO. The summed E-state index contributed by atoms with van der Waals surface area (Å²) in [6, 6.07) is 15.4. The maximum absolute atomic E-state index is 12.0. The van der Waals surface area contributed by atoms with Crippen LogP contribution < -0.4 is 0 Å². The molecule has 0 saturated carbocycles. The fourth-order valence-electron chi connectivity index (χ4n) is 1.93. The van der Waals surface area contributed by atoms with Crippen molar-refractivity contribution in [1.82, 2.24) is 4.98 Å². The van der Waals surface area contributed by atoms with E-state index >= 15 is 0 Å². The van der Waals surface area contributed by atoms with Crippen molar-refractivity contribution in [1.29, 1.82) is 0 Å². The number of carbonyl (C=O) groups excluding carboxylic acids is 1. The van der Waals surface area contributed by atoms with Crippen molar-refractivity contribution >= 4 is 5.78 Å². The third kappa shape index (κ3) is 3.27. The molecule has 2 nitrogen and oxygen atoms in total. The van der Waals surface area contributed by atoms with E-state index in [1.165, 1.54) is 0 Å². The summed E-state index contributed by atoms with van der Waals surface area (Å²) in [6.07, 6.45) is 3.21. The zero-order valence-electron chi connectivity index (χ0n) is 10.5. The number of hydrogen-bond donors (Lipinski definition) is 0. The molecule has 0 spiro atoms. The van der Waals surface area contributed by atoms with Gasteiger partial charge in [0.05, 0.1) is 0 Å². The molecule has 2 rings (SSSR count). The van der Waals surface area contributed by atoms with Crippen LogP contribution in [0.25, 0.3) is 0 Å². The van der Waals surface area contributed by atoms with Gasteiger partial charge in [-0.2, -0.15) is 0 Å². The predicted octanol–water partition coefficient (Wildman–Crippen LogP) is 3.85. The molecule has 2 aromatic rings. The summed E-state index contributed by atoms with van der Waals surface area (Å²) >= 11 is 0. The monoisotopic (exact) mass is 239 g/mol. The van der Waals surface area contributed by atoms with Gasteiger partial charge in [-0.1, -0.05) is 43.3 Å². The first-order valence-corrected chi connectivity index (χ1v) is 6.26. The summed E-state index contributed by atoms with van der Waals surface area (Å²) in [6.45, 7) is 2.11. The van der Waals surface area contributed by atoms with E-state index in [1.807, 2.05) is 48.5 Å². The van der Waals surface area contributed by atoms with Crippen LogP contribution in [0.4, 0.5) is 0 Å². The summed E-state index contributed by atoms with van der Waals surface area (Å²) in [5.74, 6) is 0.525. The van der Waals surface area contributed by atoms with Gasteiger partial charge in [0.15, 0.2) is 5.78 Å². The van der Waals surface area contributed by atoms with Gasteiger partial charge in [-0.25, -0.2) is 0 Å². The van der Waals surface area contributed by atoms with E-state index < -0.39 is 0 Å². The van der Waals surface area contributed by atoms with Crippen LogP contribution in [0.2, 0.25) is 0 Å². The Kier molecular flexibility index (Phi) is 4.24. The number of benzene rings is 1. The van der Waals surface area contributed by atoms with Crippen molar-refractivity contribution in [3.05, 3.63) is 66.0 Å². The third-order valence-corrected chi connectivity index (χ3v) is 3.09. The van der Waals surface area contributed by atoms with E-state index in [0.717, 1.165) is 17.7 Å². The van der Waals surface area contributed by atoms with Gasteiger partial charge in [-0.15, -0.1) is 0 Å². The van der Waals surface area contributed by atoms with Crippen molar-refractivity contribution in [3.63, 3.8) is 0 Å². The lowest BCUT2D eigenvalue weighted by molar-refractivity contribution is 0.0978. The van der Waals surface area contributed by atoms with Crippen LogP contribution in [0, 0.1) is 0 Å². The van der Waals surface area contributed by atoms with Crippen LogP contribution in [0.3, 0.4) is 0 Å². The van der Waals surface area contributed by atoms with Crippen molar-refractivity contribution in [2.75, 3.05) is 0 Å². The highest BCUT2D eigenvalue weighted by Gasteiger charge is 2.10. The van der Waals surface area contributed by atoms with Crippen LogP contribution in [-0.2, 0) is 0 Å². The van der Waals surface area contributed by atoms with Crippen LogP contribution >= 0.6 is 0 Å². The molecule has 0 N–H and O–H groups in total. The van der Waals surface area contributed by atoms with E-state index in [-0.39, 0.29) is 5.78 Å². The number of rotatable bonds is 5. The first-order chi connectivity index (χ1) is 8.77. The predicted molar refractivity (Wildman–Crippen MR) is 72.7 cm³/mol. The zero-order chi connectivity index (χ0) is 12.8. The molecule has 0 bridgehead atoms. The molecule has 0 aliphatic carbocycles. The number of carbonyl (C=O) groups is 1. The Hall–Kier alpha value is -1.96. The van der Waals surface area contributed by atoms with E-state index in [4.69, 9.17) is 0 Å². The summed E-state index contributed by atoms with van der Waals surface area (Å²) in [4.78, 5) is 16.3. The molecule has 0 unspecified atom stereocenters. The standard InChI is InChI=1S/C16H17NO/c1-13(15-9-5-6-12-17-15)10-11-16(18)14-7-3-2-4-8-14/h2-9,12-13H,10-11H2,1H3/t13-/m1/s1. The molecule has 2 heteroatoms. The summed E-state index contributed by atoms with van der Waals surface area (Å²) in [7, 11) is 0. The number of Topliss-reactive ketones (excluding diaryl/α,β-unsaturated/α-hetero) is 1. The van der Waals surface area contributed by atoms with Crippen molar-refractivity contribution in [2.24, 2.45) is 0 Å². The fourth-order valence-corrected chi connectivity index (χ4v) is 1.93. The highest BCUT2D eigenvalue weighted by Crippen LogP contribution is 2.19. The molecule has 18 heavy (non-hydrogen) atoms. The van der Waals surface area contributed by atoms with Crippen LogP contribution in [0.1, 0.15) is 41.7 Å². The largest absolute Gasteiger partial charge is 0.294 e. The van der Waals surface area contributed by atoms with Crippen LogP contribution in [0.5, 0.6) is 0 Å². The Morgan fingerprint density at radius 3 is 2.50 bits per heavy atom. The SMILES string of the molecule is C[C@H](CCC(=O)c1ccccc1)c1ccccn1. The molecule has 1 aromatic heterocycles. The Balaban J connectivity index is 1.91. The molecule has 1 aromatic carbocycles. The number of hydrogen-bond acceptors (Lipinski definition) is 2. The van der Waals surface area contributed by atoms with Crippen LogP contribution in [0.15, 0.2) is 54.7 Å². The summed E-state index contributed by atoms with van der Waals surface area (Å²) in [5.41, 5.74) is 1.85. The van der Waals surface area contributed by atoms with Crippen molar-refractivity contribution < 1.29 is 4.79 Å². The maximum Gasteiger partial charge on any atom is 0.162 e. The first-order valence-electron chi connectivity index (χ1n) is 6.26. The Labute approximate surface area is 108 Å². The molecule has 0 fully saturated rings. The minimum absolute atomic E-state index is 0.207. The van der Waals surface area contributed by atoms with E-state index in [0.29, 0.717) is 12.3 Å². The summed E-state index contributed by atoms with van der Waals surface area (Å²) in [5, 5.41) is 0. The van der Waals surface area contributed by atoms with Crippen LogP contribution in [-0.4, -0.2) is 10.8 Å². The van der Waals surface area contributed by atoms with Gasteiger partial charge < -0.3 is 0 Å². The minimum Gasteiger partial charge on any atom is -0.294 e. The molecule has 0 radical (unpaired) electrons. The van der Waals surface area contributed by atoms with Gasteiger partial charge in [0, 0.05) is 23.9 Å². The highest BCUT2D eigenvalue weighted by atomic mass is 16.1. The number of ketones is 1. The van der Waals surface area contributed by atoms with Crippen molar-refractivity contribution in [3.8, 4) is 0 Å². The second-order valence-electron chi connectivity index (χ2n) is 4.48. The van der Waals surface area contributed by atoms with E-state index in [1.54, 1.807) is 6.20 Å². The highest BCUT2D eigenvalue weighted by molar-refractivity contribution is 5.95. The maximum atomic E-state index is 12.0. The molecule has 1 heterocycles. The third-order valence-electron chi connectivity index (χ3n) is 3.09. The van der Waals surface area contributed by atoms with Gasteiger partial charge in [0.2, 0.25) is 0 Å². The molecule has 1 atom stereocenters. The van der Waals surface area contributed by atoms with E-state index in [2.05, 4.69) is 11.9 Å². The minimum atomic E-state index is 0.207. The number of pyridine rings is 1. The summed E-state index contributed by atoms with van der Waals surface area (Å²) < 4.78 is 0. The van der Waals surface area contributed by atoms with E-state index in [9.17, 15) is 4.79 Å². The zero-order valence-corrected chi connectivity index (χ0v) is 10.5. The first kappa shape index (κ1) is 12.5. The van der Waals surface area contributed by atoms with Gasteiger partial charge in [-0.05, 0) is 24.5 Å². The molecule has 0 saturated heterocycles. The smallest absolute Gasteiger partial charge is 0.162 e. The van der Waals surface area contributed by atoms with Gasteiger partial charge in [0.25, 0.3) is 0 Å². The molecule has 92 valence electrons. The second-order valence-corrected chi connectivity index (χ2v) is 4.48. The average molecular weight is 239 g/mol. The van der Waals surface area contributed by atoms with Crippen molar-refractivity contribution in [2.45, 2.75) is 25.7 Å². The lowest BCUT2D eigenvalue weighted by Crippen LogP contribution is -2.03. The Bertz CT molecular complexity index is 493. The second kappa shape index (κ2) is 6.10. The average Bonchev–Trinajstić information content (AvgIpc) is 2.46. The topological polar surface area (TPSA) is 30.0 Å².